The van der Waals surface area contributed by atoms with Gasteiger partial charge in [0.25, 0.3) is 0 Å². The second kappa shape index (κ2) is 10.8. The van der Waals surface area contributed by atoms with E-state index in [-0.39, 0.29) is 30.7 Å². The first-order valence-electron chi connectivity index (χ1n) is 12.2. The lowest BCUT2D eigenvalue weighted by molar-refractivity contribution is -0.119. The van der Waals surface area contributed by atoms with E-state index >= 15 is 0 Å². The molecule has 0 saturated carbocycles. The van der Waals surface area contributed by atoms with Gasteiger partial charge in [-0.05, 0) is 80.0 Å². The number of carbonyl (C=O) groups excluding carboxylic acids is 1. The zero-order valence-corrected chi connectivity index (χ0v) is 21.3. The van der Waals surface area contributed by atoms with E-state index < -0.39 is 0 Å². The van der Waals surface area contributed by atoms with Gasteiger partial charge in [0.15, 0.2) is 5.11 Å². The van der Waals surface area contributed by atoms with E-state index in [0.717, 1.165) is 54.3 Å². The van der Waals surface area contributed by atoms with Gasteiger partial charge in [-0.1, -0.05) is 6.07 Å². The van der Waals surface area contributed by atoms with E-state index in [2.05, 4.69) is 49.5 Å². The van der Waals surface area contributed by atoms with E-state index in [9.17, 15) is 4.79 Å². The fourth-order valence-corrected chi connectivity index (χ4v) is 5.40. The first-order valence-corrected chi connectivity index (χ1v) is 12.6. The summed E-state index contributed by atoms with van der Waals surface area (Å²) < 4.78 is 13.2. The van der Waals surface area contributed by atoms with Crippen molar-refractivity contribution in [2.45, 2.75) is 44.5 Å². The van der Waals surface area contributed by atoms with Crippen molar-refractivity contribution >= 4 is 34.6 Å². The quantitative estimate of drug-likeness (QED) is 0.446. The molecule has 4 heterocycles. The number of hydrogen-bond acceptors (Lipinski definition) is 5. The second-order valence-electron chi connectivity index (χ2n) is 9.20. The van der Waals surface area contributed by atoms with Crippen LogP contribution in [-0.4, -0.2) is 47.0 Å². The number of thiocarbonyl (C=S) groups is 1. The van der Waals surface area contributed by atoms with Crippen LogP contribution in [0.5, 0.6) is 0 Å². The van der Waals surface area contributed by atoms with Crippen LogP contribution in [0.25, 0.3) is 0 Å². The largest absolute Gasteiger partial charge is 0.376 e. The lowest BCUT2D eigenvalue weighted by atomic mass is 10.0. The van der Waals surface area contributed by atoms with Crippen molar-refractivity contribution in [2.24, 2.45) is 0 Å². The van der Waals surface area contributed by atoms with Gasteiger partial charge in [-0.3, -0.25) is 9.78 Å². The summed E-state index contributed by atoms with van der Waals surface area (Å²) in [4.78, 5) is 18.9. The predicted molar refractivity (Wildman–Crippen MR) is 143 cm³/mol. The minimum Gasteiger partial charge on any atom is -0.376 e. The van der Waals surface area contributed by atoms with Gasteiger partial charge in [-0.15, -0.1) is 0 Å². The molecule has 3 aromatic rings. The van der Waals surface area contributed by atoms with Crippen LogP contribution < -0.4 is 15.5 Å². The van der Waals surface area contributed by atoms with E-state index in [4.69, 9.17) is 21.7 Å². The monoisotopic (exact) mass is 505 g/mol. The SMILES string of the molecule is COCC(=O)Nc1ccc(N2C(=S)NC(c3ccccn3)C2c2cccn2CC2CCCO2)cc1C. The van der Waals surface area contributed by atoms with Crippen molar-refractivity contribution < 1.29 is 14.3 Å². The first kappa shape index (κ1) is 24.4. The number of benzene rings is 1. The van der Waals surface area contributed by atoms with Crippen molar-refractivity contribution in [3.8, 4) is 0 Å². The third-order valence-electron chi connectivity index (χ3n) is 6.73. The van der Waals surface area contributed by atoms with Gasteiger partial charge in [0.2, 0.25) is 5.91 Å². The van der Waals surface area contributed by atoms with Gasteiger partial charge >= 0.3 is 0 Å². The summed E-state index contributed by atoms with van der Waals surface area (Å²) in [5.41, 5.74) is 4.71. The number of rotatable bonds is 8. The van der Waals surface area contributed by atoms with Gasteiger partial charge in [0.1, 0.15) is 12.6 Å². The number of carbonyl (C=O) groups is 1. The van der Waals surface area contributed by atoms with Gasteiger partial charge in [0.05, 0.1) is 17.8 Å². The molecule has 36 heavy (non-hydrogen) atoms. The standard InChI is InChI=1S/C27H31N5O3S/c1-18-15-19(10-11-21(18)29-24(33)17-34-2)32-26(25(30-27(32)36)22-8-3-4-12-28-22)23-9-5-13-31(23)16-20-7-6-14-35-20/h3-5,8-13,15,20,25-26H,6-7,14,16-17H2,1-2H3,(H,29,33)(H,30,36). The molecule has 2 aliphatic rings. The van der Waals surface area contributed by atoms with Crippen LogP contribution >= 0.6 is 12.2 Å². The van der Waals surface area contributed by atoms with Crippen molar-refractivity contribution in [3.05, 3.63) is 77.9 Å². The minimum atomic E-state index is -0.188. The van der Waals surface area contributed by atoms with Crippen molar-refractivity contribution in [3.63, 3.8) is 0 Å². The molecule has 1 aromatic carbocycles. The average molecular weight is 506 g/mol. The molecule has 1 amide bonds. The van der Waals surface area contributed by atoms with Gasteiger partial charge in [-0.25, -0.2) is 0 Å². The first-order chi connectivity index (χ1) is 17.5. The highest BCUT2D eigenvalue weighted by molar-refractivity contribution is 7.80. The number of aryl methyl sites for hydroxylation is 1. The number of hydrogen-bond donors (Lipinski definition) is 2. The number of anilines is 2. The molecule has 0 spiro atoms. The Hall–Kier alpha value is -3.27. The Balaban J connectivity index is 1.51. The van der Waals surface area contributed by atoms with Crippen molar-refractivity contribution in [1.29, 1.82) is 0 Å². The Bertz CT molecular complexity index is 1230. The lowest BCUT2D eigenvalue weighted by Gasteiger charge is -2.30. The van der Waals surface area contributed by atoms with Crippen LogP contribution in [0.3, 0.4) is 0 Å². The fourth-order valence-electron chi connectivity index (χ4n) is 5.06. The van der Waals surface area contributed by atoms with Crippen LogP contribution in [-0.2, 0) is 20.8 Å². The molecule has 3 unspecified atom stereocenters. The van der Waals surface area contributed by atoms with Crippen LogP contribution in [0.4, 0.5) is 11.4 Å². The maximum absolute atomic E-state index is 12.0. The molecule has 0 radical (unpaired) electrons. The Kier molecular flexibility index (Phi) is 7.31. The number of methoxy groups -OCH3 is 1. The predicted octanol–water partition coefficient (Wildman–Crippen LogP) is 4.13. The highest BCUT2D eigenvalue weighted by Gasteiger charge is 2.42. The number of nitrogens with one attached hydrogen (secondary N) is 2. The molecule has 188 valence electrons. The molecular weight excluding hydrogens is 474 g/mol. The summed E-state index contributed by atoms with van der Waals surface area (Å²) in [6, 6.07) is 15.9. The van der Waals surface area contributed by atoms with Gasteiger partial charge < -0.3 is 29.6 Å². The van der Waals surface area contributed by atoms with E-state index in [0.29, 0.717) is 5.11 Å². The topological polar surface area (TPSA) is 80.7 Å². The summed E-state index contributed by atoms with van der Waals surface area (Å²) in [5.74, 6) is -0.188. The van der Waals surface area contributed by atoms with E-state index in [1.54, 1.807) is 0 Å². The fraction of sp³-hybridized carbons (Fsp3) is 0.370. The summed E-state index contributed by atoms with van der Waals surface area (Å²) >= 11 is 5.88. The number of ether oxygens (including phenoxy) is 2. The van der Waals surface area contributed by atoms with Crippen LogP contribution in [0.1, 0.15) is 41.9 Å². The summed E-state index contributed by atoms with van der Waals surface area (Å²) in [7, 11) is 1.50. The molecular formula is C27H31N5O3S. The Morgan fingerprint density at radius 3 is 2.89 bits per heavy atom. The number of aromatic nitrogens is 2. The molecule has 2 fully saturated rings. The molecule has 3 atom stereocenters. The second-order valence-corrected chi connectivity index (χ2v) is 9.58. The van der Waals surface area contributed by atoms with Crippen LogP contribution in [0.15, 0.2) is 60.9 Å². The Morgan fingerprint density at radius 2 is 2.17 bits per heavy atom. The molecule has 0 aliphatic carbocycles. The molecule has 8 nitrogen and oxygen atoms in total. The highest BCUT2D eigenvalue weighted by atomic mass is 32.1. The summed E-state index contributed by atoms with van der Waals surface area (Å²) in [6.45, 7) is 3.62. The Morgan fingerprint density at radius 1 is 1.28 bits per heavy atom. The number of amides is 1. The molecule has 2 saturated heterocycles. The van der Waals surface area contributed by atoms with E-state index in [1.807, 2.05) is 43.5 Å². The smallest absolute Gasteiger partial charge is 0.250 e. The molecule has 5 rings (SSSR count). The van der Waals surface area contributed by atoms with Crippen molar-refractivity contribution in [2.75, 3.05) is 30.5 Å². The molecule has 2 N–H and O–H groups in total. The number of pyridine rings is 1. The maximum Gasteiger partial charge on any atom is 0.250 e. The third-order valence-corrected chi connectivity index (χ3v) is 7.04. The summed E-state index contributed by atoms with van der Waals surface area (Å²) in [6.07, 6.45) is 6.32. The third kappa shape index (κ3) is 5.00. The zero-order valence-electron chi connectivity index (χ0n) is 20.5. The molecule has 2 aromatic heterocycles. The summed E-state index contributed by atoms with van der Waals surface area (Å²) in [5, 5.41) is 7.06. The van der Waals surface area contributed by atoms with E-state index in [1.165, 1.54) is 7.11 Å². The van der Waals surface area contributed by atoms with Gasteiger partial charge in [-0.2, -0.15) is 0 Å². The number of nitrogens with zero attached hydrogens (tertiary/aromatic N) is 3. The minimum absolute atomic E-state index is 0.0108. The van der Waals surface area contributed by atoms with Crippen LogP contribution in [0.2, 0.25) is 0 Å². The normalized spacial score (nSPS) is 21.6. The molecule has 0 bridgehead atoms. The van der Waals surface area contributed by atoms with Gasteiger partial charge in [0, 0.05) is 49.7 Å². The van der Waals surface area contributed by atoms with Crippen LogP contribution in [0, 0.1) is 6.92 Å². The Labute approximate surface area is 216 Å². The lowest BCUT2D eigenvalue weighted by Crippen LogP contribution is -2.31. The van der Waals surface area contributed by atoms with Crippen molar-refractivity contribution in [1.82, 2.24) is 14.9 Å². The molecule has 9 heteroatoms. The maximum atomic E-state index is 12.0. The average Bonchev–Trinajstić information content (AvgIpc) is 3.62. The highest BCUT2D eigenvalue weighted by Crippen LogP contribution is 2.42. The zero-order chi connectivity index (χ0) is 25.1. The molecule has 2 aliphatic heterocycles.